The van der Waals surface area contributed by atoms with Crippen LogP contribution in [-0.4, -0.2) is 19.5 Å². The first-order valence-electron chi connectivity index (χ1n) is 21.6. The van der Waals surface area contributed by atoms with E-state index in [0.29, 0.717) is 17.5 Å². The minimum atomic E-state index is 0.616. The highest BCUT2D eigenvalue weighted by molar-refractivity contribution is 7.25. The second-order valence-electron chi connectivity index (χ2n) is 16.4. The zero-order valence-electron chi connectivity index (χ0n) is 34.5. The zero-order valence-corrected chi connectivity index (χ0v) is 35.3. The summed E-state index contributed by atoms with van der Waals surface area (Å²) >= 11 is 1.81. The normalized spacial score (nSPS) is 11.8. The summed E-state index contributed by atoms with van der Waals surface area (Å²) in [5.74, 6) is 1.88. The van der Waals surface area contributed by atoms with Crippen molar-refractivity contribution >= 4 is 74.9 Å². The Bertz CT molecular complexity index is 3960. The molecule has 3 aromatic heterocycles. The van der Waals surface area contributed by atoms with Crippen LogP contribution in [0.15, 0.2) is 218 Å². The van der Waals surface area contributed by atoms with Crippen LogP contribution >= 0.6 is 11.3 Å². The maximum atomic E-state index is 5.37. The van der Waals surface area contributed by atoms with Crippen molar-refractivity contribution in [2.24, 2.45) is 0 Å². The Labute approximate surface area is 373 Å². The largest absolute Gasteiger partial charge is 0.309 e. The van der Waals surface area contributed by atoms with Gasteiger partial charge in [-0.25, -0.2) is 15.0 Å². The maximum absolute atomic E-state index is 5.37. The van der Waals surface area contributed by atoms with Crippen molar-refractivity contribution in [1.29, 1.82) is 0 Å². The third-order valence-electron chi connectivity index (χ3n) is 12.6. The fraction of sp³-hybridized carbons (Fsp3) is 0. The highest BCUT2D eigenvalue weighted by atomic mass is 32.1. The molecule has 0 atom stereocenters. The predicted molar refractivity (Wildman–Crippen MR) is 269 cm³/mol. The van der Waals surface area contributed by atoms with E-state index in [1.54, 1.807) is 0 Å². The molecular weight excluding hydrogens is 797 g/mol. The predicted octanol–water partition coefficient (Wildman–Crippen LogP) is 16.0. The van der Waals surface area contributed by atoms with E-state index >= 15 is 0 Å². The van der Waals surface area contributed by atoms with Gasteiger partial charge in [-0.1, -0.05) is 152 Å². The SMILES string of the molecule is c1ccc(-c2cccc(-c3cc(-n4c5cc6ccccc6cc5c5c6ccccc6ccc54)ccc3-c3nc(-c4ccccc4)nc(-c4ccc5sc6ccccc6c5c4)n3)c2)cc1. The van der Waals surface area contributed by atoms with Crippen molar-refractivity contribution in [1.82, 2.24) is 19.5 Å². The molecule has 4 nitrogen and oxygen atoms in total. The average Bonchev–Trinajstić information content (AvgIpc) is 3.91. The number of thiophene rings is 1. The minimum absolute atomic E-state index is 0.616. The monoisotopic (exact) mass is 832 g/mol. The van der Waals surface area contributed by atoms with Gasteiger partial charge in [-0.2, -0.15) is 0 Å². The Morgan fingerprint density at radius 2 is 0.953 bits per heavy atom. The summed E-state index contributed by atoms with van der Waals surface area (Å²) in [6, 6.07) is 78.3. The third-order valence-corrected chi connectivity index (χ3v) is 13.8. The van der Waals surface area contributed by atoms with Crippen LogP contribution in [0.2, 0.25) is 0 Å². The lowest BCUT2D eigenvalue weighted by Gasteiger charge is -2.16. The van der Waals surface area contributed by atoms with Crippen LogP contribution in [0.5, 0.6) is 0 Å². The summed E-state index contributed by atoms with van der Waals surface area (Å²) in [6.07, 6.45) is 0. The summed E-state index contributed by atoms with van der Waals surface area (Å²) in [4.78, 5) is 15.9. The van der Waals surface area contributed by atoms with Gasteiger partial charge in [0.1, 0.15) is 0 Å². The Hall–Kier alpha value is -8.25. The topological polar surface area (TPSA) is 43.6 Å². The number of benzene rings is 10. The average molecular weight is 833 g/mol. The lowest BCUT2D eigenvalue weighted by molar-refractivity contribution is 1.07. The fourth-order valence-electron chi connectivity index (χ4n) is 9.56. The standard InChI is InChI=1S/C59H36N4S/c1-3-14-37(15-4-1)40-21-13-22-43(32-40)49-36-45(63-52-30-26-38-16-9-10-23-46(38)56(52)51-33-41-19-7-8-20-42(41)35-53(51)63)28-29-48(49)59-61-57(39-17-5-2-6-18-39)60-58(62-59)44-27-31-55-50(34-44)47-24-11-12-25-54(47)64-55/h1-36H. The number of nitrogens with zero attached hydrogens (tertiary/aromatic N) is 4. The highest BCUT2D eigenvalue weighted by Gasteiger charge is 2.21. The zero-order chi connectivity index (χ0) is 42.1. The van der Waals surface area contributed by atoms with Gasteiger partial charge in [0.05, 0.1) is 11.0 Å². The molecular formula is C59H36N4S. The van der Waals surface area contributed by atoms with E-state index in [9.17, 15) is 0 Å². The lowest BCUT2D eigenvalue weighted by atomic mass is 9.94. The van der Waals surface area contributed by atoms with Crippen molar-refractivity contribution in [2.75, 3.05) is 0 Å². The van der Waals surface area contributed by atoms with Crippen LogP contribution in [0.4, 0.5) is 0 Å². The smallest absolute Gasteiger partial charge is 0.164 e. The van der Waals surface area contributed by atoms with Crippen LogP contribution in [0.1, 0.15) is 0 Å². The summed E-state index contributed by atoms with van der Waals surface area (Å²) in [6.45, 7) is 0. The summed E-state index contributed by atoms with van der Waals surface area (Å²) < 4.78 is 4.94. The van der Waals surface area contributed by atoms with Gasteiger partial charge in [0, 0.05) is 53.3 Å². The van der Waals surface area contributed by atoms with Gasteiger partial charge in [0.15, 0.2) is 17.5 Å². The van der Waals surface area contributed by atoms with Crippen LogP contribution in [0.25, 0.3) is 126 Å². The van der Waals surface area contributed by atoms with Gasteiger partial charge in [-0.3, -0.25) is 0 Å². The van der Waals surface area contributed by atoms with Gasteiger partial charge >= 0.3 is 0 Å². The Kier molecular flexibility index (Phi) is 8.36. The molecule has 0 unspecified atom stereocenters. The second kappa shape index (κ2) is 14.7. The third kappa shape index (κ3) is 6.01. The fourth-order valence-corrected chi connectivity index (χ4v) is 10.6. The molecule has 0 saturated carbocycles. The first-order valence-corrected chi connectivity index (χ1v) is 22.4. The number of rotatable bonds is 6. The molecule has 0 aliphatic rings. The number of hydrogen-bond donors (Lipinski definition) is 0. The molecule has 5 heteroatoms. The van der Waals surface area contributed by atoms with E-state index in [1.165, 1.54) is 52.5 Å². The number of fused-ring (bicyclic) bond motifs is 9. The molecule has 0 spiro atoms. The van der Waals surface area contributed by atoms with Crippen molar-refractivity contribution in [3.63, 3.8) is 0 Å². The Morgan fingerprint density at radius 3 is 1.78 bits per heavy atom. The molecule has 0 fully saturated rings. The molecule has 0 radical (unpaired) electrons. The van der Waals surface area contributed by atoms with E-state index < -0.39 is 0 Å². The first kappa shape index (κ1) is 36.4. The molecule has 10 aromatic carbocycles. The van der Waals surface area contributed by atoms with E-state index in [1.807, 2.05) is 29.5 Å². The molecule has 13 rings (SSSR count). The van der Waals surface area contributed by atoms with Crippen LogP contribution in [0, 0.1) is 0 Å². The van der Waals surface area contributed by atoms with E-state index in [0.717, 1.165) is 55.7 Å². The summed E-state index contributed by atoms with van der Waals surface area (Å²) in [5.41, 5.74) is 10.6. The molecule has 0 saturated heterocycles. The second-order valence-corrected chi connectivity index (χ2v) is 17.5. The molecule has 0 amide bonds. The molecule has 64 heavy (non-hydrogen) atoms. The molecule has 0 N–H and O–H groups in total. The first-order chi connectivity index (χ1) is 31.7. The van der Waals surface area contributed by atoms with Gasteiger partial charge in [0.25, 0.3) is 0 Å². The van der Waals surface area contributed by atoms with E-state index in [2.05, 4.69) is 205 Å². The summed E-state index contributed by atoms with van der Waals surface area (Å²) in [7, 11) is 0. The molecule has 298 valence electrons. The van der Waals surface area contributed by atoms with Crippen molar-refractivity contribution in [2.45, 2.75) is 0 Å². The van der Waals surface area contributed by atoms with Gasteiger partial charge in [-0.15, -0.1) is 11.3 Å². The van der Waals surface area contributed by atoms with Gasteiger partial charge in [0.2, 0.25) is 0 Å². The maximum Gasteiger partial charge on any atom is 0.164 e. The Morgan fingerprint density at radius 1 is 0.312 bits per heavy atom. The lowest BCUT2D eigenvalue weighted by Crippen LogP contribution is -2.02. The van der Waals surface area contributed by atoms with Crippen LogP contribution in [-0.2, 0) is 0 Å². The molecule has 13 aromatic rings. The van der Waals surface area contributed by atoms with Crippen molar-refractivity contribution < 1.29 is 0 Å². The highest BCUT2D eigenvalue weighted by Crippen LogP contribution is 2.42. The van der Waals surface area contributed by atoms with Crippen LogP contribution in [0.3, 0.4) is 0 Å². The van der Waals surface area contributed by atoms with Crippen molar-refractivity contribution in [3.05, 3.63) is 218 Å². The van der Waals surface area contributed by atoms with Crippen LogP contribution < -0.4 is 0 Å². The van der Waals surface area contributed by atoms with E-state index in [4.69, 9.17) is 15.0 Å². The minimum Gasteiger partial charge on any atom is -0.309 e. The molecule has 3 heterocycles. The van der Waals surface area contributed by atoms with Gasteiger partial charge in [-0.05, 0) is 111 Å². The molecule has 0 bridgehead atoms. The van der Waals surface area contributed by atoms with E-state index in [-0.39, 0.29) is 0 Å². The quantitative estimate of drug-likeness (QED) is 0.168. The van der Waals surface area contributed by atoms with Gasteiger partial charge < -0.3 is 4.57 Å². The number of hydrogen-bond acceptors (Lipinski definition) is 4. The molecule has 0 aliphatic carbocycles. The Balaban J connectivity index is 1.08. The molecule has 0 aliphatic heterocycles. The summed E-state index contributed by atoms with van der Waals surface area (Å²) in [5, 5.41) is 9.82. The number of aromatic nitrogens is 4. The van der Waals surface area contributed by atoms with Crippen molar-refractivity contribution in [3.8, 4) is 62.1 Å².